The molecular formula is C8H18ClNO2. The molecule has 74 valence electrons. The van der Waals surface area contributed by atoms with Crippen LogP contribution in [0.5, 0.6) is 0 Å². The van der Waals surface area contributed by atoms with E-state index in [9.17, 15) is 4.79 Å². The van der Waals surface area contributed by atoms with Crippen molar-refractivity contribution in [3.63, 3.8) is 0 Å². The van der Waals surface area contributed by atoms with Gasteiger partial charge in [-0.1, -0.05) is 13.8 Å². The molecule has 0 aromatic carbocycles. The van der Waals surface area contributed by atoms with Gasteiger partial charge in [-0.25, -0.2) is 0 Å². The summed E-state index contributed by atoms with van der Waals surface area (Å²) in [7, 11) is 3.20. The van der Waals surface area contributed by atoms with Gasteiger partial charge in [-0.2, -0.15) is 0 Å². The minimum atomic E-state index is -0.477. The van der Waals surface area contributed by atoms with Crippen LogP contribution >= 0.6 is 12.4 Å². The first kappa shape index (κ1) is 14.3. The van der Waals surface area contributed by atoms with Gasteiger partial charge in [-0.05, 0) is 19.9 Å². The van der Waals surface area contributed by atoms with E-state index >= 15 is 0 Å². The number of hydrogen-bond donors (Lipinski definition) is 1. The van der Waals surface area contributed by atoms with Crippen LogP contribution in [0.25, 0.3) is 0 Å². The number of carbonyl (C=O) groups excluding carboxylic acids is 1. The molecule has 0 bridgehead atoms. The minimum absolute atomic E-state index is 0. The SMILES string of the molecule is CCC(CC)(NC)C(=O)OC.Cl. The van der Waals surface area contributed by atoms with E-state index in [-0.39, 0.29) is 18.4 Å². The standard InChI is InChI=1S/C8H17NO2.ClH/c1-5-8(6-2,9-3)7(10)11-4;/h9H,5-6H2,1-4H3;1H. The van der Waals surface area contributed by atoms with Gasteiger partial charge in [-0.3, -0.25) is 4.79 Å². The van der Waals surface area contributed by atoms with Crippen LogP contribution in [0.1, 0.15) is 26.7 Å². The smallest absolute Gasteiger partial charge is 0.326 e. The lowest BCUT2D eigenvalue weighted by atomic mass is 9.93. The van der Waals surface area contributed by atoms with E-state index in [1.807, 2.05) is 13.8 Å². The number of rotatable bonds is 4. The minimum Gasteiger partial charge on any atom is -0.468 e. The molecule has 0 aromatic rings. The maximum atomic E-state index is 11.2. The lowest BCUT2D eigenvalue weighted by Gasteiger charge is -2.27. The average molecular weight is 196 g/mol. The number of hydrogen-bond acceptors (Lipinski definition) is 3. The Hall–Kier alpha value is -0.280. The molecule has 0 radical (unpaired) electrons. The normalized spacial score (nSPS) is 10.3. The number of esters is 1. The molecule has 0 rings (SSSR count). The Bertz CT molecular complexity index is 127. The molecule has 1 N–H and O–H groups in total. The molecule has 0 amide bonds. The van der Waals surface area contributed by atoms with Crippen LogP contribution < -0.4 is 5.32 Å². The molecule has 0 atom stereocenters. The van der Waals surface area contributed by atoms with Crippen LogP contribution in [0.15, 0.2) is 0 Å². The third-order valence-corrected chi connectivity index (χ3v) is 2.26. The zero-order valence-electron chi connectivity index (χ0n) is 8.14. The molecule has 0 aliphatic carbocycles. The molecule has 0 aromatic heterocycles. The summed E-state index contributed by atoms with van der Waals surface area (Å²) in [6.45, 7) is 3.94. The highest BCUT2D eigenvalue weighted by molar-refractivity contribution is 5.85. The molecule has 0 aliphatic rings. The van der Waals surface area contributed by atoms with Gasteiger partial charge in [0.25, 0.3) is 0 Å². The average Bonchev–Trinajstić information content (AvgIpc) is 2.08. The predicted molar refractivity (Wildman–Crippen MR) is 51.6 cm³/mol. The van der Waals surface area contributed by atoms with Crippen molar-refractivity contribution in [3.8, 4) is 0 Å². The van der Waals surface area contributed by atoms with Gasteiger partial charge in [0.2, 0.25) is 0 Å². The number of ether oxygens (including phenoxy) is 1. The number of carbonyl (C=O) groups is 1. The summed E-state index contributed by atoms with van der Waals surface area (Å²) in [5.41, 5.74) is -0.477. The summed E-state index contributed by atoms with van der Waals surface area (Å²) in [5, 5.41) is 2.99. The Labute approximate surface area is 80.3 Å². The third kappa shape index (κ3) is 2.64. The molecule has 0 saturated carbocycles. The van der Waals surface area contributed by atoms with Crippen LogP contribution in [0.3, 0.4) is 0 Å². The molecule has 4 heteroatoms. The molecule has 12 heavy (non-hydrogen) atoms. The van der Waals surface area contributed by atoms with Crippen molar-refractivity contribution < 1.29 is 9.53 Å². The maximum Gasteiger partial charge on any atom is 0.326 e. The van der Waals surface area contributed by atoms with E-state index in [2.05, 4.69) is 10.1 Å². The highest BCUT2D eigenvalue weighted by atomic mass is 35.5. The van der Waals surface area contributed by atoms with E-state index in [0.717, 1.165) is 12.8 Å². The Kier molecular flexibility index (Phi) is 7.44. The molecule has 3 nitrogen and oxygen atoms in total. The largest absolute Gasteiger partial charge is 0.468 e. The molecule has 0 saturated heterocycles. The molecular weight excluding hydrogens is 178 g/mol. The van der Waals surface area contributed by atoms with Crippen LogP contribution in [-0.4, -0.2) is 25.7 Å². The summed E-state index contributed by atoms with van der Waals surface area (Å²) >= 11 is 0. The van der Waals surface area contributed by atoms with E-state index in [4.69, 9.17) is 0 Å². The summed E-state index contributed by atoms with van der Waals surface area (Å²) in [4.78, 5) is 11.2. The highest BCUT2D eigenvalue weighted by Crippen LogP contribution is 2.15. The zero-order valence-corrected chi connectivity index (χ0v) is 8.96. The van der Waals surface area contributed by atoms with Gasteiger partial charge in [0, 0.05) is 0 Å². The van der Waals surface area contributed by atoms with Crippen molar-refractivity contribution >= 4 is 18.4 Å². The van der Waals surface area contributed by atoms with Gasteiger partial charge in [0.15, 0.2) is 0 Å². The summed E-state index contributed by atoms with van der Waals surface area (Å²) in [5.74, 6) is -0.176. The van der Waals surface area contributed by atoms with Crippen LogP contribution in [0.2, 0.25) is 0 Å². The first-order valence-electron chi connectivity index (χ1n) is 3.94. The van der Waals surface area contributed by atoms with E-state index < -0.39 is 5.54 Å². The highest BCUT2D eigenvalue weighted by Gasteiger charge is 2.33. The van der Waals surface area contributed by atoms with Gasteiger partial charge in [0.1, 0.15) is 5.54 Å². The topological polar surface area (TPSA) is 38.3 Å². The summed E-state index contributed by atoms with van der Waals surface area (Å²) in [6.07, 6.45) is 1.51. The van der Waals surface area contributed by atoms with Gasteiger partial charge >= 0.3 is 5.97 Å². The van der Waals surface area contributed by atoms with E-state index in [0.29, 0.717) is 0 Å². The fourth-order valence-electron chi connectivity index (χ4n) is 1.19. The van der Waals surface area contributed by atoms with E-state index in [1.165, 1.54) is 7.11 Å². The Morgan fingerprint density at radius 2 is 1.83 bits per heavy atom. The molecule has 0 fully saturated rings. The quantitative estimate of drug-likeness (QED) is 0.689. The Balaban J connectivity index is 0. The van der Waals surface area contributed by atoms with Crippen molar-refractivity contribution in [2.45, 2.75) is 32.2 Å². The van der Waals surface area contributed by atoms with Crippen molar-refractivity contribution in [3.05, 3.63) is 0 Å². The Morgan fingerprint density at radius 1 is 1.42 bits per heavy atom. The zero-order chi connectivity index (χ0) is 8.91. The van der Waals surface area contributed by atoms with Crippen molar-refractivity contribution in [2.24, 2.45) is 0 Å². The van der Waals surface area contributed by atoms with Crippen LogP contribution in [-0.2, 0) is 9.53 Å². The molecule has 0 heterocycles. The second-order valence-corrected chi connectivity index (χ2v) is 2.53. The maximum absolute atomic E-state index is 11.2. The first-order valence-corrected chi connectivity index (χ1v) is 3.94. The van der Waals surface area contributed by atoms with Gasteiger partial charge < -0.3 is 10.1 Å². The predicted octanol–water partition coefficient (Wildman–Crippen LogP) is 1.36. The number of methoxy groups -OCH3 is 1. The second kappa shape index (κ2) is 6.26. The Morgan fingerprint density at radius 3 is 1.92 bits per heavy atom. The molecule has 0 unspecified atom stereocenters. The van der Waals surface area contributed by atoms with E-state index in [1.54, 1.807) is 7.05 Å². The van der Waals surface area contributed by atoms with Crippen LogP contribution in [0.4, 0.5) is 0 Å². The lowest BCUT2D eigenvalue weighted by molar-refractivity contribution is -0.148. The van der Waals surface area contributed by atoms with Gasteiger partial charge in [-0.15, -0.1) is 12.4 Å². The van der Waals surface area contributed by atoms with Crippen molar-refractivity contribution in [2.75, 3.05) is 14.2 Å². The van der Waals surface area contributed by atoms with Crippen molar-refractivity contribution in [1.29, 1.82) is 0 Å². The molecule has 0 spiro atoms. The third-order valence-electron chi connectivity index (χ3n) is 2.26. The fraction of sp³-hybridized carbons (Fsp3) is 0.875. The summed E-state index contributed by atoms with van der Waals surface area (Å²) in [6, 6.07) is 0. The first-order chi connectivity index (χ1) is 5.16. The van der Waals surface area contributed by atoms with Crippen LogP contribution in [0, 0.1) is 0 Å². The molecule has 0 aliphatic heterocycles. The number of likely N-dealkylation sites (N-methyl/N-ethyl adjacent to an activating group) is 1. The lowest BCUT2D eigenvalue weighted by Crippen LogP contribution is -2.49. The fourth-order valence-corrected chi connectivity index (χ4v) is 1.19. The summed E-state index contributed by atoms with van der Waals surface area (Å²) < 4.78 is 4.69. The number of halogens is 1. The van der Waals surface area contributed by atoms with Crippen molar-refractivity contribution in [1.82, 2.24) is 5.32 Å². The van der Waals surface area contributed by atoms with Gasteiger partial charge in [0.05, 0.1) is 7.11 Å². The monoisotopic (exact) mass is 195 g/mol. The second-order valence-electron chi connectivity index (χ2n) is 2.53. The number of nitrogens with one attached hydrogen (secondary N) is 1.